The summed E-state index contributed by atoms with van der Waals surface area (Å²) in [5, 5.41) is 12.4. The van der Waals surface area contributed by atoms with Crippen LogP contribution in [-0.2, 0) is 6.18 Å². The van der Waals surface area contributed by atoms with Crippen LogP contribution in [0.25, 0.3) is 10.4 Å². The normalized spacial score (nSPS) is 12.8. The first-order chi connectivity index (χ1) is 11.8. The Balaban J connectivity index is 1.72. The van der Waals surface area contributed by atoms with Gasteiger partial charge in [0.15, 0.2) is 5.69 Å². The van der Waals surface area contributed by atoms with E-state index in [1.165, 1.54) is 29.7 Å². The Kier molecular flexibility index (Phi) is 4.58. The molecule has 1 atom stereocenters. The fraction of sp³-hybridized carbons (Fsp3) is 0.188. The van der Waals surface area contributed by atoms with Crippen molar-refractivity contribution in [3.63, 3.8) is 0 Å². The molecule has 0 saturated heterocycles. The molecule has 9 heteroatoms. The topological polar surface area (TPSA) is 70.7 Å². The molecule has 0 fully saturated rings. The van der Waals surface area contributed by atoms with Crippen molar-refractivity contribution in [2.45, 2.75) is 19.1 Å². The van der Waals surface area contributed by atoms with E-state index in [4.69, 9.17) is 0 Å². The minimum Gasteiger partial charge on any atom is -0.343 e. The van der Waals surface area contributed by atoms with Crippen molar-refractivity contribution in [1.82, 2.24) is 20.7 Å². The minimum atomic E-state index is -4.35. The van der Waals surface area contributed by atoms with Crippen LogP contribution in [0.1, 0.15) is 33.9 Å². The Bertz CT molecular complexity index is 856. The van der Waals surface area contributed by atoms with Gasteiger partial charge in [0.1, 0.15) is 0 Å². The lowest BCUT2D eigenvalue weighted by Crippen LogP contribution is -2.26. The van der Waals surface area contributed by atoms with Gasteiger partial charge >= 0.3 is 6.18 Å². The van der Waals surface area contributed by atoms with Crippen LogP contribution < -0.4 is 5.32 Å². The molecule has 0 aliphatic rings. The average molecular weight is 366 g/mol. The number of benzene rings is 1. The van der Waals surface area contributed by atoms with Gasteiger partial charge in [0.2, 0.25) is 0 Å². The van der Waals surface area contributed by atoms with E-state index >= 15 is 0 Å². The van der Waals surface area contributed by atoms with Crippen LogP contribution in [0, 0.1) is 0 Å². The molecular weight excluding hydrogens is 353 g/mol. The van der Waals surface area contributed by atoms with Gasteiger partial charge in [0.25, 0.3) is 5.91 Å². The maximum absolute atomic E-state index is 12.6. The van der Waals surface area contributed by atoms with E-state index in [0.29, 0.717) is 5.56 Å². The Morgan fingerprint density at radius 2 is 1.92 bits per heavy atom. The summed E-state index contributed by atoms with van der Waals surface area (Å²) in [6.45, 7) is 1.82. The zero-order valence-electron chi connectivity index (χ0n) is 13.0. The Hall–Kier alpha value is -2.68. The third kappa shape index (κ3) is 3.87. The predicted octanol–water partition coefficient (Wildman–Crippen LogP) is 4.04. The van der Waals surface area contributed by atoms with Crippen LogP contribution >= 0.6 is 11.3 Å². The number of amides is 1. The molecule has 3 rings (SSSR count). The van der Waals surface area contributed by atoms with E-state index in [9.17, 15) is 18.0 Å². The van der Waals surface area contributed by atoms with Crippen LogP contribution in [0.4, 0.5) is 13.2 Å². The lowest BCUT2D eigenvalue weighted by Gasteiger charge is -2.10. The summed E-state index contributed by atoms with van der Waals surface area (Å²) < 4.78 is 37.9. The quantitative estimate of drug-likeness (QED) is 0.732. The highest BCUT2D eigenvalue weighted by Crippen LogP contribution is 2.34. The Labute approximate surface area is 144 Å². The second-order valence-corrected chi connectivity index (χ2v) is 6.44. The summed E-state index contributed by atoms with van der Waals surface area (Å²) in [6.07, 6.45) is -3.02. The zero-order chi connectivity index (χ0) is 18.0. The largest absolute Gasteiger partial charge is 0.416 e. The van der Waals surface area contributed by atoms with E-state index in [-0.39, 0.29) is 17.6 Å². The first-order valence-electron chi connectivity index (χ1n) is 7.28. The molecule has 25 heavy (non-hydrogen) atoms. The molecule has 0 saturated carbocycles. The number of aromatic amines is 1. The number of alkyl halides is 3. The zero-order valence-corrected chi connectivity index (χ0v) is 13.8. The second-order valence-electron chi connectivity index (χ2n) is 5.33. The van der Waals surface area contributed by atoms with Gasteiger partial charge < -0.3 is 5.32 Å². The summed E-state index contributed by atoms with van der Waals surface area (Å²) in [6, 6.07) is 8.40. The van der Waals surface area contributed by atoms with Crippen molar-refractivity contribution in [1.29, 1.82) is 0 Å². The monoisotopic (exact) mass is 366 g/mol. The molecule has 1 unspecified atom stereocenters. The number of nitrogens with zero attached hydrogens (tertiary/aromatic N) is 2. The van der Waals surface area contributed by atoms with Gasteiger partial charge in [-0.25, -0.2) is 0 Å². The fourth-order valence-corrected chi connectivity index (χ4v) is 3.23. The van der Waals surface area contributed by atoms with Crippen molar-refractivity contribution in [2.24, 2.45) is 0 Å². The first-order valence-corrected chi connectivity index (χ1v) is 8.10. The third-order valence-corrected chi connectivity index (χ3v) is 4.86. The van der Waals surface area contributed by atoms with E-state index in [1.54, 1.807) is 0 Å². The van der Waals surface area contributed by atoms with Gasteiger partial charge in [0.05, 0.1) is 17.8 Å². The highest BCUT2D eigenvalue weighted by molar-refractivity contribution is 7.15. The number of hydrogen-bond acceptors (Lipinski definition) is 4. The number of hydrogen-bond donors (Lipinski definition) is 2. The first kappa shape index (κ1) is 17.2. The number of carbonyl (C=O) groups excluding carboxylic acids is 1. The molecule has 3 aromatic rings. The number of halogens is 3. The summed E-state index contributed by atoms with van der Waals surface area (Å²) in [7, 11) is 0. The predicted molar refractivity (Wildman–Crippen MR) is 87.0 cm³/mol. The average Bonchev–Trinajstić information content (AvgIpc) is 3.26. The van der Waals surface area contributed by atoms with Crippen LogP contribution in [0.3, 0.4) is 0 Å². The van der Waals surface area contributed by atoms with E-state index in [0.717, 1.165) is 21.9 Å². The molecular formula is C16H13F3N4OS. The van der Waals surface area contributed by atoms with Gasteiger partial charge in [-0.2, -0.15) is 28.6 Å². The fourth-order valence-electron chi connectivity index (χ4n) is 2.22. The SMILES string of the molecule is CC(NC(=O)c1cn[nH]n1)c1ccc(-c2ccc(C(F)(F)F)cc2)s1. The maximum atomic E-state index is 12.6. The van der Waals surface area contributed by atoms with Crippen molar-refractivity contribution in [3.8, 4) is 10.4 Å². The molecule has 2 aromatic heterocycles. The number of nitrogens with one attached hydrogen (secondary N) is 2. The van der Waals surface area contributed by atoms with Crippen molar-refractivity contribution in [2.75, 3.05) is 0 Å². The van der Waals surface area contributed by atoms with Crippen LogP contribution in [0.15, 0.2) is 42.6 Å². The summed E-state index contributed by atoms with van der Waals surface area (Å²) in [5.74, 6) is -0.356. The number of thiophene rings is 1. The lowest BCUT2D eigenvalue weighted by atomic mass is 10.1. The lowest BCUT2D eigenvalue weighted by molar-refractivity contribution is -0.137. The highest BCUT2D eigenvalue weighted by Gasteiger charge is 2.30. The maximum Gasteiger partial charge on any atom is 0.416 e. The molecule has 0 aliphatic carbocycles. The van der Waals surface area contributed by atoms with Gasteiger partial charge in [0, 0.05) is 9.75 Å². The van der Waals surface area contributed by atoms with Gasteiger partial charge in [-0.1, -0.05) is 12.1 Å². The third-order valence-electron chi connectivity index (χ3n) is 3.55. The van der Waals surface area contributed by atoms with E-state index in [1.807, 2.05) is 19.1 Å². The summed E-state index contributed by atoms with van der Waals surface area (Å²) >= 11 is 1.41. The minimum absolute atomic E-state index is 0.186. The van der Waals surface area contributed by atoms with Crippen molar-refractivity contribution < 1.29 is 18.0 Å². The Morgan fingerprint density at radius 3 is 2.52 bits per heavy atom. The van der Waals surface area contributed by atoms with E-state index < -0.39 is 11.7 Å². The molecule has 0 aliphatic heterocycles. The molecule has 5 nitrogen and oxygen atoms in total. The van der Waals surface area contributed by atoms with Crippen molar-refractivity contribution in [3.05, 3.63) is 58.7 Å². The number of aromatic nitrogens is 3. The molecule has 1 amide bonds. The van der Waals surface area contributed by atoms with E-state index in [2.05, 4.69) is 20.7 Å². The van der Waals surface area contributed by atoms with Gasteiger partial charge in [-0.3, -0.25) is 4.79 Å². The number of H-pyrrole nitrogens is 1. The number of rotatable bonds is 4. The summed E-state index contributed by atoms with van der Waals surface area (Å²) in [5.41, 5.74) is 0.201. The second kappa shape index (κ2) is 6.67. The molecule has 0 bridgehead atoms. The molecule has 130 valence electrons. The van der Waals surface area contributed by atoms with Gasteiger partial charge in [-0.15, -0.1) is 11.3 Å². The molecule has 2 N–H and O–H groups in total. The molecule has 2 heterocycles. The Morgan fingerprint density at radius 1 is 1.20 bits per heavy atom. The molecule has 0 radical (unpaired) electrons. The molecule has 1 aromatic carbocycles. The van der Waals surface area contributed by atoms with Crippen molar-refractivity contribution >= 4 is 17.2 Å². The standard InChI is InChI=1S/C16H13F3N4OS/c1-9(21-15(24)12-8-20-23-22-12)13-6-7-14(25-13)10-2-4-11(5-3-10)16(17,18)19/h2-9H,1H3,(H,21,24)(H,20,22,23). The van der Waals surface area contributed by atoms with Crippen LogP contribution in [-0.4, -0.2) is 21.3 Å². The van der Waals surface area contributed by atoms with Gasteiger partial charge in [-0.05, 0) is 36.8 Å². The number of carbonyl (C=O) groups is 1. The van der Waals surface area contributed by atoms with Crippen LogP contribution in [0.2, 0.25) is 0 Å². The highest BCUT2D eigenvalue weighted by atomic mass is 32.1. The van der Waals surface area contributed by atoms with Crippen LogP contribution in [0.5, 0.6) is 0 Å². The smallest absolute Gasteiger partial charge is 0.343 e. The molecule has 0 spiro atoms. The summed E-state index contributed by atoms with van der Waals surface area (Å²) in [4.78, 5) is 13.7.